The molecule has 3 N–H and O–H groups in total. The summed E-state index contributed by atoms with van der Waals surface area (Å²) in [5.41, 5.74) is 3.07. The van der Waals surface area contributed by atoms with Crippen molar-refractivity contribution >= 4 is 11.9 Å². The molecule has 0 aromatic carbocycles. The summed E-state index contributed by atoms with van der Waals surface area (Å²) >= 11 is 0. The van der Waals surface area contributed by atoms with E-state index in [0.29, 0.717) is 18.7 Å². The molecule has 0 aliphatic carbocycles. The van der Waals surface area contributed by atoms with Crippen LogP contribution in [-0.4, -0.2) is 41.9 Å². The third-order valence-electron chi connectivity index (χ3n) is 3.89. The minimum atomic E-state index is -0.989. The van der Waals surface area contributed by atoms with Gasteiger partial charge in [-0.3, -0.25) is 19.4 Å². The predicted molar refractivity (Wildman–Crippen MR) is 85.3 cm³/mol. The van der Waals surface area contributed by atoms with Gasteiger partial charge >= 0.3 is 5.97 Å². The van der Waals surface area contributed by atoms with Crippen molar-refractivity contribution < 1.29 is 14.7 Å². The van der Waals surface area contributed by atoms with Crippen LogP contribution in [0.4, 0.5) is 0 Å². The molecule has 2 rings (SSSR count). The van der Waals surface area contributed by atoms with Crippen LogP contribution >= 0.6 is 0 Å². The van der Waals surface area contributed by atoms with Gasteiger partial charge in [0.05, 0.1) is 11.7 Å². The Balaban J connectivity index is 1.89. The minimum Gasteiger partial charge on any atom is -0.481 e. The molecule has 1 atom stereocenters. The zero-order valence-electron chi connectivity index (χ0n) is 14.3. The average Bonchev–Trinajstić information content (AvgIpc) is 3.03. The number of nitrogens with zero attached hydrogens (tertiary/aromatic N) is 4. The van der Waals surface area contributed by atoms with E-state index in [1.54, 1.807) is 6.92 Å². The van der Waals surface area contributed by atoms with Crippen molar-refractivity contribution in [1.82, 2.24) is 30.3 Å². The van der Waals surface area contributed by atoms with Crippen LogP contribution in [0.15, 0.2) is 0 Å². The van der Waals surface area contributed by atoms with E-state index >= 15 is 0 Å². The fourth-order valence-electron chi connectivity index (χ4n) is 2.52. The molecular formula is C15H22N6O3. The molecule has 0 aliphatic heterocycles. The highest BCUT2D eigenvalue weighted by atomic mass is 16.4. The van der Waals surface area contributed by atoms with Gasteiger partial charge in [-0.1, -0.05) is 0 Å². The highest BCUT2D eigenvalue weighted by Crippen LogP contribution is 2.14. The molecule has 2 heterocycles. The number of carbonyl (C=O) groups excluding carboxylic acids is 1. The number of H-pyrrole nitrogens is 1. The van der Waals surface area contributed by atoms with Gasteiger partial charge in [-0.05, 0) is 32.8 Å². The van der Waals surface area contributed by atoms with Crippen LogP contribution in [-0.2, 0) is 29.5 Å². The zero-order chi connectivity index (χ0) is 17.9. The van der Waals surface area contributed by atoms with E-state index < -0.39 is 12.0 Å². The lowest BCUT2D eigenvalue weighted by atomic mass is 10.1. The summed E-state index contributed by atoms with van der Waals surface area (Å²) in [7, 11) is 1.88. The second-order valence-electron chi connectivity index (χ2n) is 5.77. The van der Waals surface area contributed by atoms with Gasteiger partial charge in [0.1, 0.15) is 12.2 Å². The first-order chi connectivity index (χ1) is 11.3. The van der Waals surface area contributed by atoms with Crippen molar-refractivity contribution in [3.8, 4) is 0 Å². The van der Waals surface area contributed by atoms with E-state index in [2.05, 4.69) is 25.6 Å². The number of nitrogens with one attached hydrogen (secondary N) is 2. The molecule has 0 bridgehead atoms. The Hall–Kier alpha value is -2.71. The van der Waals surface area contributed by atoms with E-state index in [1.165, 1.54) is 0 Å². The molecule has 2 aromatic rings. The summed E-state index contributed by atoms with van der Waals surface area (Å²) in [5.74, 6) is -0.472. The number of hydrogen-bond acceptors (Lipinski definition) is 5. The highest BCUT2D eigenvalue weighted by Gasteiger charge is 2.17. The van der Waals surface area contributed by atoms with E-state index in [4.69, 9.17) is 5.11 Å². The van der Waals surface area contributed by atoms with Crippen LogP contribution in [0.1, 0.15) is 48.0 Å². The monoisotopic (exact) mass is 334 g/mol. The van der Waals surface area contributed by atoms with Gasteiger partial charge in [-0.2, -0.15) is 10.2 Å². The molecule has 24 heavy (non-hydrogen) atoms. The second kappa shape index (κ2) is 7.24. The normalized spacial score (nSPS) is 12.2. The molecule has 130 valence electrons. The van der Waals surface area contributed by atoms with Crippen molar-refractivity contribution in [3.05, 3.63) is 28.6 Å². The second-order valence-corrected chi connectivity index (χ2v) is 5.77. The Kier molecular flexibility index (Phi) is 5.32. The number of aromatic amines is 1. The van der Waals surface area contributed by atoms with Crippen LogP contribution in [0, 0.1) is 13.8 Å². The summed E-state index contributed by atoms with van der Waals surface area (Å²) in [4.78, 5) is 26.8. The number of aryl methyl sites for hydroxylation is 2. The van der Waals surface area contributed by atoms with Crippen LogP contribution in [0.5, 0.6) is 0 Å². The largest absolute Gasteiger partial charge is 0.481 e. The Bertz CT molecular complexity index is 748. The topological polar surface area (TPSA) is 126 Å². The lowest BCUT2D eigenvalue weighted by Gasteiger charge is -2.10. The van der Waals surface area contributed by atoms with Gasteiger partial charge in [0, 0.05) is 19.2 Å². The molecule has 9 heteroatoms. The van der Waals surface area contributed by atoms with E-state index in [1.807, 2.05) is 25.6 Å². The van der Waals surface area contributed by atoms with Crippen molar-refractivity contribution in [3.63, 3.8) is 0 Å². The minimum absolute atomic E-state index is 0.116. The molecule has 0 radical (unpaired) electrons. The standard InChI is InChI=1S/C15H22N6O3/c1-8-11(10(3)21(4)20-8)5-6-13(22)16-9(2)15-17-12(18-19-15)7-14(23)24/h9H,5-7H2,1-4H3,(H,16,22)(H,23,24)(H,17,18,19). The maximum atomic E-state index is 12.1. The zero-order valence-corrected chi connectivity index (χ0v) is 14.3. The van der Waals surface area contributed by atoms with Gasteiger partial charge in [0.2, 0.25) is 5.91 Å². The van der Waals surface area contributed by atoms with Crippen molar-refractivity contribution in [2.45, 2.75) is 46.1 Å². The molecule has 0 saturated heterocycles. The summed E-state index contributed by atoms with van der Waals surface area (Å²) in [5, 5.41) is 22.4. The number of aliphatic carboxylic acids is 1. The number of aromatic nitrogens is 5. The Morgan fingerprint density at radius 2 is 2.08 bits per heavy atom. The van der Waals surface area contributed by atoms with E-state index in [-0.39, 0.29) is 18.2 Å². The molecule has 9 nitrogen and oxygen atoms in total. The number of hydrogen-bond donors (Lipinski definition) is 3. The van der Waals surface area contributed by atoms with Crippen molar-refractivity contribution in [2.24, 2.45) is 7.05 Å². The number of carbonyl (C=O) groups is 2. The molecule has 1 unspecified atom stereocenters. The van der Waals surface area contributed by atoms with E-state index in [9.17, 15) is 9.59 Å². The first-order valence-electron chi connectivity index (χ1n) is 7.69. The quantitative estimate of drug-likeness (QED) is 0.680. The highest BCUT2D eigenvalue weighted by molar-refractivity contribution is 5.76. The van der Waals surface area contributed by atoms with E-state index in [0.717, 1.165) is 17.0 Å². The summed E-state index contributed by atoms with van der Waals surface area (Å²) in [6, 6.07) is -0.396. The van der Waals surface area contributed by atoms with Crippen LogP contribution in [0.2, 0.25) is 0 Å². The Morgan fingerprint density at radius 3 is 2.67 bits per heavy atom. The first-order valence-corrected chi connectivity index (χ1v) is 7.69. The fraction of sp³-hybridized carbons (Fsp3) is 0.533. The Labute approximate surface area is 139 Å². The summed E-state index contributed by atoms with van der Waals surface area (Å²) in [6.07, 6.45) is 0.722. The lowest BCUT2D eigenvalue weighted by Crippen LogP contribution is -2.27. The molecule has 0 saturated carbocycles. The van der Waals surface area contributed by atoms with Crippen molar-refractivity contribution in [2.75, 3.05) is 0 Å². The molecule has 0 fully saturated rings. The number of rotatable bonds is 7. The SMILES string of the molecule is Cc1nn(C)c(C)c1CCC(=O)NC(C)c1n[nH]c(CC(=O)O)n1. The third kappa shape index (κ3) is 4.18. The summed E-state index contributed by atoms with van der Waals surface area (Å²) < 4.78 is 1.81. The average molecular weight is 334 g/mol. The maximum Gasteiger partial charge on any atom is 0.311 e. The number of amides is 1. The predicted octanol–water partition coefficient (Wildman–Crippen LogP) is 0.592. The van der Waals surface area contributed by atoms with Gasteiger partial charge in [0.25, 0.3) is 0 Å². The van der Waals surface area contributed by atoms with Crippen LogP contribution < -0.4 is 5.32 Å². The molecule has 0 spiro atoms. The molecule has 2 aromatic heterocycles. The molecular weight excluding hydrogens is 312 g/mol. The fourth-order valence-corrected chi connectivity index (χ4v) is 2.52. The van der Waals surface area contributed by atoms with Gasteiger partial charge in [-0.15, -0.1) is 0 Å². The maximum absolute atomic E-state index is 12.1. The number of carboxylic acids is 1. The molecule has 0 aliphatic rings. The van der Waals surface area contributed by atoms with Crippen LogP contribution in [0.25, 0.3) is 0 Å². The Morgan fingerprint density at radius 1 is 1.38 bits per heavy atom. The van der Waals surface area contributed by atoms with Gasteiger partial charge in [0.15, 0.2) is 5.82 Å². The van der Waals surface area contributed by atoms with Gasteiger partial charge < -0.3 is 10.4 Å². The summed E-state index contributed by atoms with van der Waals surface area (Å²) in [6.45, 7) is 5.67. The van der Waals surface area contributed by atoms with Gasteiger partial charge in [-0.25, -0.2) is 4.98 Å². The van der Waals surface area contributed by atoms with Crippen LogP contribution in [0.3, 0.4) is 0 Å². The third-order valence-corrected chi connectivity index (χ3v) is 3.89. The molecule has 1 amide bonds. The lowest BCUT2D eigenvalue weighted by molar-refractivity contribution is -0.136. The number of carboxylic acid groups (broad SMARTS) is 1. The first kappa shape index (κ1) is 17.6. The van der Waals surface area contributed by atoms with Crippen molar-refractivity contribution in [1.29, 1.82) is 0 Å². The smallest absolute Gasteiger partial charge is 0.311 e.